The van der Waals surface area contributed by atoms with Crippen molar-refractivity contribution in [1.82, 2.24) is 10.2 Å². The number of ether oxygens (including phenoxy) is 2. The van der Waals surface area contributed by atoms with Crippen molar-refractivity contribution in [2.24, 2.45) is 0 Å². The van der Waals surface area contributed by atoms with Gasteiger partial charge >= 0.3 is 0 Å². The minimum Gasteiger partial charge on any atom is -0.493 e. The molecule has 0 radical (unpaired) electrons. The highest BCUT2D eigenvalue weighted by molar-refractivity contribution is 7.92. The molecular formula is C36H39Cl2N3O6S. The Balaban J connectivity index is 1.83. The van der Waals surface area contributed by atoms with Crippen molar-refractivity contribution in [3.05, 3.63) is 118 Å². The summed E-state index contributed by atoms with van der Waals surface area (Å²) < 4.78 is 40.4. The molecule has 4 aromatic carbocycles. The van der Waals surface area contributed by atoms with Crippen molar-refractivity contribution < 1.29 is 27.5 Å². The van der Waals surface area contributed by atoms with Crippen LogP contribution in [-0.2, 0) is 32.6 Å². The molecule has 0 aliphatic carbocycles. The maximum absolute atomic E-state index is 14.6. The standard InChI is InChI=1S/C36H39Cl2N3O6S/c1-4-5-21-39-36(43)32(22-26-13-8-6-9-14-26)40(24-29-30(37)17-12-18-31(29)38)35(42)25-41(27-15-10-7-11-16-27)48(44,45)28-19-20-33(46-2)34(23-28)47-3/h6-20,23,32H,4-5,21-22,24-25H2,1-3H3,(H,39,43)/t32-/m1/s1. The quantitative estimate of drug-likeness (QED) is 0.129. The van der Waals surface area contributed by atoms with Gasteiger partial charge in [-0.3, -0.25) is 13.9 Å². The highest BCUT2D eigenvalue weighted by Gasteiger charge is 2.35. The minimum absolute atomic E-state index is 0.115. The van der Waals surface area contributed by atoms with Gasteiger partial charge in [0.15, 0.2) is 11.5 Å². The average Bonchev–Trinajstić information content (AvgIpc) is 3.10. The third kappa shape index (κ3) is 9.00. The molecule has 0 saturated heterocycles. The van der Waals surface area contributed by atoms with Gasteiger partial charge in [-0.2, -0.15) is 0 Å². The number of anilines is 1. The van der Waals surface area contributed by atoms with E-state index in [1.165, 1.54) is 37.3 Å². The number of halogens is 2. The molecule has 4 rings (SSSR count). The largest absolute Gasteiger partial charge is 0.493 e. The van der Waals surface area contributed by atoms with Gasteiger partial charge in [-0.05, 0) is 48.4 Å². The number of methoxy groups -OCH3 is 2. The molecule has 0 unspecified atom stereocenters. The van der Waals surface area contributed by atoms with Crippen LogP contribution in [-0.4, -0.2) is 58.5 Å². The number of unbranched alkanes of at least 4 members (excludes halogenated alkanes) is 1. The second-order valence-electron chi connectivity index (χ2n) is 10.9. The number of nitrogens with one attached hydrogen (secondary N) is 1. The number of amides is 2. The summed E-state index contributed by atoms with van der Waals surface area (Å²) in [6.07, 6.45) is 1.78. The summed E-state index contributed by atoms with van der Waals surface area (Å²) in [5, 5.41) is 3.58. The van der Waals surface area contributed by atoms with Crippen molar-refractivity contribution in [1.29, 1.82) is 0 Å². The Morgan fingerprint density at radius 1 is 0.833 bits per heavy atom. The highest BCUT2D eigenvalue weighted by Crippen LogP contribution is 2.33. The predicted molar refractivity (Wildman–Crippen MR) is 189 cm³/mol. The Labute approximate surface area is 292 Å². The first kappa shape index (κ1) is 36.6. The van der Waals surface area contributed by atoms with E-state index in [0.717, 1.165) is 22.7 Å². The van der Waals surface area contributed by atoms with Crippen molar-refractivity contribution in [3.63, 3.8) is 0 Å². The molecule has 1 N–H and O–H groups in total. The van der Waals surface area contributed by atoms with Gasteiger partial charge in [0.25, 0.3) is 10.0 Å². The number of hydrogen-bond acceptors (Lipinski definition) is 6. The Morgan fingerprint density at radius 3 is 2.06 bits per heavy atom. The van der Waals surface area contributed by atoms with E-state index in [1.54, 1.807) is 48.5 Å². The van der Waals surface area contributed by atoms with Crippen LogP contribution in [0.3, 0.4) is 0 Å². The number of hydrogen-bond donors (Lipinski definition) is 1. The maximum Gasteiger partial charge on any atom is 0.264 e. The van der Waals surface area contributed by atoms with Crippen molar-refractivity contribution in [2.75, 3.05) is 31.6 Å². The van der Waals surface area contributed by atoms with Gasteiger partial charge in [0, 0.05) is 41.2 Å². The van der Waals surface area contributed by atoms with Crippen molar-refractivity contribution >= 4 is 50.7 Å². The van der Waals surface area contributed by atoms with Gasteiger partial charge in [0.2, 0.25) is 11.8 Å². The molecule has 254 valence electrons. The maximum atomic E-state index is 14.6. The molecule has 9 nitrogen and oxygen atoms in total. The monoisotopic (exact) mass is 711 g/mol. The molecule has 0 spiro atoms. The number of para-hydroxylation sites is 1. The van der Waals surface area contributed by atoms with Crippen LogP contribution in [0.4, 0.5) is 5.69 Å². The van der Waals surface area contributed by atoms with Gasteiger partial charge in [-0.1, -0.05) is 91.1 Å². The molecule has 0 saturated carbocycles. The Morgan fingerprint density at radius 2 is 1.46 bits per heavy atom. The summed E-state index contributed by atoms with van der Waals surface area (Å²) in [7, 11) is -1.50. The van der Waals surface area contributed by atoms with E-state index in [-0.39, 0.29) is 35.2 Å². The van der Waals surface area contributed by atoms with E-state index >= 15 is 0 Å². The number of rotatable bonds is 16. The average molecular weight is 713 g/mol. The lowest BCUT2D eigenvalue weighted by Gasteiger charge is -2.34. The summed E-state index contributed by atoms with van der Waals surface area (Å²) in [5.74, 6) is -0.456. The fraction of sp³-hybridized carbons (Fsp3) is 0.278. The molecule has 0 aliphatic heterocycles. The normalized spacial score (nSPS) is 11.8. The third-order valence-electron chi connectivity index (χ3n) is 7.76. The number of sulfonamides is 1. The minimum atomic E-state index is -4.35. The third-order valence-corrected chi connectivity index (χ3v) is 10.2. The zero-order chi connectivity index (χ0) is 34.7. The van der Waals surface area contributed by atoms with Crippen LogP contribution in [0.1, 0.15) is 30.9 Å². The first-order valence-corrected chi connectivity index (χ1v) is 17.6. The molecule has 0 aliphatic rings. The van der Waals surface area contributed by atoms with Crippen LogP contribution in [0, 0.1) is 0 Å². The molecule has 2 amide bonds. The van der Waals surface area contributed by atoms with Gasteiger partial charge < -0.3 is 19.7 Å². The summed E-state index contributed by atoms with van der Waals surface area (Å²) >= 11 is 13.2. The van der Waals surface area contributed by atoms with E-state index < -0.39 is 28.5 Å². The first-order chi connectivity index (χ1) is 23.1. The number of nitrogens with zero attached hydrogens (tertiary/aromatic N) is 2. The van der Waals surface area contributed by atoms with E-state index in [0.29, 0.717) is 27.9 Å². The Kier molecular flexibility index (Phi) is 13.1. The van der Waals surface area contributed by atoms with Gasteiger partial charge in [-0.25, -0.2) is 8.42 Å². The van der Waals surface area contributed by atoms with E-state index in [4.69, 9.17) is 32.7 Å². The summed E-state index contributed by atoms with van der Waals surface area (Å²) in [4.78, 5) is 29.8. The molecule has 4 aromatic rings. The molecule has 12 heteroatoms. The van der Waals surface area contributed by atoms with Crippen molar-refractivity contribution in [3.8, 4) is 11.5 Å². The van der Waals surface area contributed by atoms with Crippen LogP contribution in [0.15, 0.2) is 102 Å². The SMILES string of the molecule is CCCCNC(=O)[C@@H](Cc1ccccc1)N(Cc1c(Cl)cccc1Cl)C(=O)CN(c1ccccc1)S(=O)(=O)c1ccc(OC)c(OC)c1. The topological polar surface area (TPSA) is 105 Å². The fourth-order valence-corrected chi connectivity index (χ4v) is 7.09. The Bertz CT molecular complexity index is 1770. The van der Waals surface area contributed by atoms with Gasteiger partial charge in [0.05, 0.1) is 24.8 Å². The van der Waals surface area contributed by atoms with Crippen LogP contribution >= 0.6 is 23.2 Å². The molecular weight excluding hydrogens is 673 g/mol. The van der Waals surface area contributed by atoms with E-state index in [2.05, 4.69) is 5.32 Å². The van der Waals surface area contributed by atoms with Gasteiger partial charge in [-0.15, -0.1) is 0 Å². The van der Waals surface area contributed by atoms with E-state index in [9.17, 15) is 18.0 Å². The molecule has 0 aromatic heterocycles. The van der Waals surface area contributed by atoms with Crippen LogP contribution in [0.2, 0.25) is 10.0 Å². The smallest absolute Gasteiger partial charge is 0.264 e. The summed E-state index contributed by atoms with van der Waals surface area (Å²) in [5.41, 5.74) is 1.50. The molecule has 1 atom stereocenters. The predicted octanol–water partition coefficient (Wildman–Crippen LogP) is 6.76. The summed E-state index contributed by atoms with van der Waals surface area (Å²) in [6.45, 7) is 1.66. The lowest BCUT2D eigenvalue weighted by atomic mass is 10.0. The zero-order valence-corrected chi connectivity index (χ0v) is 29.4. The highest BCUT2D eigenvalue weighted by atomic mass is 35.5. The first-order valence-electron chi connectivity index (χ1n) is 15.4. The number of benzene rings is 4. The van der Waals surface area contributed by atoms with Gasteiger partial charge in [0.1, 0.15) is 12.6 Å². The fourth-order valence-electron chi connectivity index (χ4n) is 5.14. The molecule has 0 bridgehead atoms. The van der Waals surface area contributed by atoms with E-state index in [1.807, 2.05) is 37.3 Å². The molecule has 0 heterocycles. The zero-order valence-electron chi connectivity index (χ0n) is 27.1. The lowest BCUT2D eigenvalue weighted by molar-refractivity contribution is -0.140. The number of carbonyl (C=O) groups excluding carboxylic acids is 2. The summed E-state index contributed by atoms with van der Waals surface area (Å²) in [6, 6.07) is 25.8. The molecule has 48 heavy (non-hydrogen) atoms. The lowest BCUT2D eigenvalue weighted by Crippen LogP contribution is -2.53. The second kappa shape index (κ2) is 17.2. The Hall–Kier alpha value is -4.25. The van der Waals surface area contributed by atoms with Crippen LogP contribution in [0.5, 0.6) is 11.5 Å². The number of carbonyl (C=O) groups is 2. The second-order valence-corrected chi connectivity index (χ2v) is 13.6. The van der Waals surface area contributed by atoms with Crippen LogP contribution < -0.4 is 19.1 Å². The van der Waals surface area contributed by atoms with Crippen molar-refractivity contribution in [2.45, 2.75) is 43.7 Å². The molecule has 0 fully saturated rings. The van der Waals surface area contributed by atoms with Crippen LogP contribution in [0.25, 0.3) is 0 Å².